The Balaban J connectivity index is 1.78. The van der Waals surface area contributed by atoms with Crippen molar-refractivity contribution < 1.29 is 5.11 Å². The highest BCUT2D eigenvalue weighted by Crippen LogP contribution is 2.42. The molecule has 0 bridgehead atoms. The third-order valence-electron chi connectivity index (χ3n) is 3.57. The highest BCUT2D eigenvalue weighted by molar-refractivity contribution is 7.10. The minimum Gasteiger partial charge on any atom is -0.508 e. The molecule has 3 heteroatoms. The van der Waals surface area contributed by atoms with E-state index in [2.05, 4.69) is 17.5 Å². The van der Waals surface area contributed by atoms with Crippen LogP contribution >= 0.6 is 11.3 Å². The highest BCUT2D eigenvalue weighted by Gasteiger charge is 2.26. The molecule has 0 unspecified atom stereocenters. The van der Waals surface area contributed by atoms with Crippen LogP contribution in [0.2, 0.25) is 0 Å². The van der Waals surface area contributed by atoms with E-state index < -0.39 is 0 Å². The Morgan fingerprint density at radius 2 is 1.84 bits per heavy atom. The SMILES string of the molecule is Oc1ccc2cc(-c3csc(C4CC4)n3)ccc2c1. The van der Waals surface area contributed by atoms with Gasteiger partial charge in [0.25, 0.3) is 0 Å². The summed E-state index contributed by atoms with van der Waals surface area (Å²) in [7, 11) is 0. The van der Waals surface area contributed by atoms with Crippen LogP contribution in [0.4, 0.5) is 0 Å². The van der Waals surface area contributed by atoms with E-state index in [1.54, 1.807) is 23.5 Å². The maximum absolute atomic E-state index is 9.48. The van der Waals surface area contributed by atoms with Crippen LogP contribution in [0.3, 0.4) is 0 Å². The maximum atomic E-state index is 9.48. The highest BCUT2D eigenvalue weighted by atomic mass is 32.1. The second kappa shape index (κ2) is 4.07. The summed E-state index contributed by atoms with van der Waals surface area (Å²) >= 11 is 1.77. The van der Waals surface area contributed by atoms with Gasteiger partial charge in [0.1, 0.15) is 5.75 Å². The number of phenols is 1. The number of nitrogens with zero attached hydrogens (tertiary/aromatic N) is 1. The largest absolute Gasteiger partial charge is 0.508 e. The zero-order valence-electron chi connectivity index (χ0n) is 10.3. The molecule has 94 valence electrons. The van der Waals surface area contributed by atoms with Gasteiger partial charge in [-0.15, -0.1) is 11.3 Å². The van der Waals surface area contributed by atoms with Crippen molar-refractivity contribution in [3.63, 3.8) is 0 Å². The molecule has 1 fully saturated rings. The van der Waals surface area contributed by atoms with Gasteiger partial charge in [0.15, 0.2) is 0 Å². The smallest absolute Gasteiger partial charge is 0.116 e. The fraction of sp³-hybridized carbons (Fsp3) is 0.188. The normalized spacial score (nSPS) is 14.9. The van der Waals surface area contributed by atoms with Gasteiger partial charge < -0.3 is 5.11 Å². The Morgan fingerprint density at radius 1 is 1.05 bits per heavy atom. The second-order valence-corrected chi connectivity index (χ2v) is 5.98. The van der Waals surface area contributed by atoms with Gasteiger partial charge in [0.05, 0.1) is 10.7 Å². The van der Waals surface area contributed by atoms with Gasteiger partial charge in [-0.2, -0.15) is 0 Å². The Bertz CT molecular complexity index is 758. The van der Waals surface area contributed by atoms with Crippen molar-refractivity contribution in [2.24, 2.45) is 0 Å². The van der Waals surface area contributed by atoms with Gasteiger partial charge >= 0.3 is 0 Å². The summed E-state index contributed by atoms with van der Waals surface area (Å²) in [6.45, 7) is 0. The van der Waals surface area contributed by atoms with E-state index >= 15 is 0 Å². The molecule has 3 aromatic rings. The van der Waals surface area contributed by atoms with Crippen molar-refractivity contribution in [1.29, 1.82) is 0 Å². The van der Waals surface area contributed by atoms with E-state index in [0.717, 1.165) is 27.9 Å². The molecule has 0 spiro atoms. The average Bonchev–Trinajstić information content (AvgIpc) is 3.16. The van der Waals surface area contributed by atoms with Gasteiger partial charge in [-0.3, -0.25) is 0 Å². The number of phenolic OH excluding ortho intramolecular Hbond substituents is 1. The summed E-state index contributed by atoms with van der Waals surface area (Å²) in [6, 6.07) is 11.7. The van der Waals surface area contributed by atoms with Crippen molar-refractivity contribution >= 4 is 22.1 Å². The maximum Gasteiger partial charge on any atom is 0.116 e. The molecule has 1 aromatic heterocycles. The van der Waals surface area contributed by atoms with E-state index in [1.165, 1.54) is 17.8 Å². The number of thiazole rings is 1. The lowest BCUT2D eigenvalue weighted by Crippen LogP contribution is -1.81. The summed E-state index contributed by atoms with van der Waals surface area (Å²) in [5, 5.41) is 15.1. The van der Waals surface area contributed by atoms with Crippen molar-refractivity contribution in [3.05, 3.63) is 46.8 Å². The lowest BCUT2D eigenvalue weighted by atomic mass is 10.1. The van der Waals surface area contributed by atoms with Crippen molar-refractivity contribution in [2.45, 2.75) is 18.8 Å². The van der Waals surface area contributed by atoms with Gasteiger partial charge in [-0.1, -0.05) is 18.2 Å². The molecule has 1 N–H and O–H groups in total. The predicted molar refractivity (Wildman–Crippen MR) is 78.7 cm³/mol. The van der Waals surface area contributed by atoms with Crippen molar-refractivity contribution in [1.82, 2.24) is 4.98 Å². The van der Waals surface area contributed by atoms with E-state index in [0.29, 0.717) is 5.75 Å². The first-order chi connectivity index (χ1) is 9.29. The number of aromatic hydroxyl groups is 1. The molecule has 0 radical (unpaired) electrons. The molecular weight excluding hydrogens is 254 g/mol. The summed E-state index contributed by atoms with van der Waals surface area (Å²) < 4.78 is 0. The zero-order valence-corrected chi connectivity index (χ0v) is 11.2. The molecule has 0 atom stereocenters. The first-order valence-electron chi connectivity index (χ1n) is 6.48. The number of rotatable bonds is 2. The fourth-order valence-corrected chi connectivity index (χ4v) is 3.33. The molecular formula is C16H13NOS. The van der Waals surface area contributed by atoms with Crippen LogP contribution in [0.5, 0.6) is 5.75 Å². The molecule has 2 nitrogen and oxygen atoms in total. The molecule has 1 saturated carbocycles. The number of benzene rings is 2. The summed E-state index contributed by atoms with van der Waals surface area (Å²) in [4.78, 5) is 4.74. The fourth-order valence-electron chi connectivity index (χ4n) is 2.33. The predicted octanol–water partition coefficient (Wildman–Crippen LogP) is 4.55. The van der Waals surface area contributed by atoms with Gasteiger partial charge in [-0.05, 0) is 41.8 Å². The van der Waals surface area contributed by atoms with Crippen LogP contribution in [-0.4, -0.2) is 10.1 Å². The van der Waals surface area contributed by atoms with Crippen molar-refractivity contribution in [2.75, 3.05) is 0 Å². The average molecular weight is 267 g/mol. The van der Waals surface area contributed by atoms with Gasteiger partial charge in [0.2, 0.25) is 0 Å². The molecule has 0 aliphatic heterocycles. The molecule has 1 aliphatic carbocycles. The van der Waals surface area contributed by atoms with E-state index in [4.69, 9.17) is 4.98 Å². The van der Waals surface area contributed by atoms with E-state index in [-0.39, 0.29) is 0 Å². The third-order valence-corrected chi connectivity index (χ3v) is 4.58. The standard InChI is InChI=1S/C16H13NOS/c18-14-6-5-11-7-13(4-3-12(11)8-14)15-9-19-16(17-15)10-1-2-10/h3-10,18H,1-2H2. The molecule has 19 heavy (non-hydrogen) atoms. The third kappa shape index (κ3) is 2.00. The van der Waals surface area contributed by atoms with Crippen LogP contribution in [0.1, 0.15) is 23.8 Å². The number of hydrogen-bond donors (Lipinski definition) is 1. The number of fused-ring (bicyclic) bond motifs is 1. The van der Waals surface area contributed by atoms with E-state index in [1.807, 2.05) is 12.1 Å². The quantitative estimate of drug-likeness (QED) is 0.739. The molecule has 0 amide bonds. The lowest BCUT2D eigenvalue weighted by Gasteiger charge is -2.02. The first kappa shape index (κ1) is 11.0. The van der Waals surface area contributed by atoms with Crippen LogP contribution in [-0.2, 0) is 0 Å². The van der Waals surface area contributed by atoms with Crippen LogP contribution in [0, 0.1) is 0 Å². The first-order valence-corrected chi connectivity index (χ1v) is 7.36. The summed E-state index contributed by atoms with van der Waals surface area (Å²) in [5.74, 6) is 1.03. The topological polar surface area (TPSA) is 33.1 Å². The molecule has 1 heterocycles. The lowest BCUT2D eigenvalue weighted by molar-refractivity contribution is 0.476. The van der Waals surface area contributed by atoms with E-state index in [9.17, 15) is 5.11 Å². The van der Waals surface area contributed by atoms with Crippen LogP contribution in [0.25, 0.3) is 22.0 Å². The summed E-state index contributed by atoms with van der Waals surface area (Å²) in [6.07, 6.45) is 2.59. The number of hydrogen-bond acceptors (Lipinski definition) is 3. The molecule has 4 rings (SSSR count). The molecule has 2 aromatic carbocycles. The Morgan fingerprint density at radius 3 is 2.68 bits per heavy atom. The Hall–Kier alpha value is -1.87. The molecule has 0 saturated heterocycles. The van der Waals surface area contributed by atoms with Gasteiger partial charge in [0, 0.05) is 16.9 Å². The van der Waals surface area contributed by atoms with Crippen LogP contribution in [0.15, 0.2) is 41.8 Å². The minimum atomic E-state index is 0.310. The Labute approximate surface area is 115 Å². The monoisotopic (exact) mass is 267 g/mol. The Kier molecular flexibility index (Phi) is 2.35. The molecule has 1 aliphatic rings. The minimum absolute atomic E-state index is 0.310. The second-order valence-electron chi connectivity index (χ2n) is 5.09. The summed E-state index contributed by atoms with van der Waals surface area (Å²) in [5.41, 5.74) is 2.23. The van der Waals surface area contributed by atoms with Gasteiger partial charge in [-0.25, -0.2) is 4.98 Å². The van der Waals surface area contributed by atoms with Crippen LogP contribution < -0.4 is 0 Å². The van der Waals surface area contributed by atoms with Crippen molar-refractivity contribution in [3.8, 4) is 17.0 Å². The zero-order chi connectivity index (χ0) is 12.8. The number of aromatic nitrogens is 1.